The lowest BCUT2D eigenvalue weighted by molar-refractivity contribution is 0.589. The highest BCUT2D eigenvalue weighted by Crippen LogP contribution is 2.50. The van der Waals surface area contributed by atoms with Gasteiger partial charge in [0, 0.05) is 5.92 Å². The third-order valence-electron chi connectivity index (χ3n) is 6.47. The van der Waals surface area contributed by atoms with Gasteiger partial charge in [-0.15, -0.1) is 0 Å². The van der Waals surface area contributed by atoms with E-state index in [1.807, 2.05) is 0 Å². The molecule has 0 saturated carbocycles. The molecule has 0 saturated heterocycles. The zero-order valence-electron chi connectivity index (χ0n) is 18.6. The van der Waals surface area contributed by atoms with Crippen LogP contribution in [-0.4, -0.2) is 0 Å². The topological polar surface area (TPSA) is 0 Å². The quantitative estimate of drug-likeness (QED) is 0.503. The van der Waals surface area contributed by atoms with Crippen molar-refractivity contribution in [2.45, 2.75) is 71.6 Å². The lowest BCUT2D eigenvalue weighted by atomic mass is 9.83. The lowest BCUT2D eigenvalue weighted by Gasteiger charge is -2.21. The molecule has 1 atom stereocenters. The molecule has 28 heavy (non-hydrogen) atoms. The first-order valence-corrected chi connectivity index (χ1v) is 10.7. The van der Waals surface area contributed by atoms with Gasteiger partial charge in [0.25, 0.3) is 0 Å². The average molecular weight is 371 g/mol. The molecule has 0 aliphatic heterocycles. The van der Waals surface area contributed by atoms with Crippen molar-refractivity contribution in [3.63, 3.8) is 0 Å². The van der Waals surface area contributed by atoms with Crippen LogP contribution in [0.1, 0.15) is 83.1 Å². The molecule has 0 radical (unpaired) electrons. The number of allylic oxidation sites excluding steroid dienone is 4. The van der Waals surface area contributed by atoms with Crippen LogP contribution in [0.25, 0.3) is 11.1 Å². The van der Waals surface area contributed by atoms with E-state index in [9.17, 15) is 0 Å². The molecule has 0 nitrogen and oxygen atoms in total. The van der Waals surface area contributed by atoms with E-state index in [4.69, 9.17) is 0 Å². The molecule has 0 amide bonds. The third-order valence-corrected chi connectivity index (χ3v) is 6.47. The van der Waals surface area contributed by atoms with E-state index in [0.29, 0.717) is 11.8 Å². The summed E-state index contributed by atoms with van der Waals surface area (Å²) in [5.41, 5.74) is 10.5. The Morgan fingerprint density at radius 2 is 1.25 bits per heavy atom. The van der Waals surface area contributed by atoms with Gasteiger partial charge in [-0.2, -0.15) is 0 Å². The maximum Gasteiger partial charge on any atom is 0.0110 e. The van der Waals surface area contributed by atoms with Crippen molar-refractivity contribution in [3.05, 3.63) is 82.5 Å². The van der Waals surface area contributed by atoms with Crippen molar-refractivity contribution in [2.75, 3.05) is 0 Å². The van der Waals surface area contributed by atoms with Gasteiger partial charge in [-0.3, -0.25) is 0 Å². The first-order valence-electron chi connectivity index (χ1n) is 10.7. The molecular formula is C28H34. The van der Waals surface area contributed by atoms with E-state index < -0.39 is 0 Å². The molecule has 0 bridgehead atoms. The minimum atomic E-state index is 0.170. The zero-order valence-corrected chi connectivity index (χ0v) is 18.6. The molecule has 0 N–H and O–H groups in total. The Kier molecular flexibility index (Phi) is 4.45. The standard InChI is InChI=1S/C28H34/c1-18-8-9-19(14-18)15-24-22-12-10-20(27(2,3)4)16-25(22)26-17-21(28(5,6)7)11-13-23(24)26/h8-14,16-17,19,24H,15H2,1-7H3. The summed E-state index contributed by atoms with van der Waals surface area (Å²) in [5, 5.41) is 0. The van der Waals surface area contributed by atoms with Crippen LogP contribution in [0.4, 0.5) is 0 Å². The summed E-state index contributed by atoms with van der Waals surface area (Å²) in [4.78, 5) is 0. The summed E-state index contributed by atoms with van der Waals surface area (Å²) in [5.74, 6) is 1.04. The maximum atomic E-state index is 2.46. The monoisotopic (exact) mass is 370 g/mol. The minimum Gasteiger partial charge on any atom is -0.0773 e. The highest BCUT2D eigenvalue weighted by atomic mass is 14.4. The first kappa shape index (κ1) is 19.2. The van der Waals surface area contributed by atoms with Crippen molar-refractivity contribution < 1.29 is 0 Å². The Hall–Kier alpha value is -2.08. The van der Waals surface area contributed by atoms with E-state index in [1.54, 1.807) is 0 Å². The molecule has 146 valence electrons. The maximum absolute atomic E-state index is 2.46. The molecule has 2 aromatic carbocycles. The second-order valence-corrected chi connectivity index (χ2v) is 10.8. The number of hydrogen-bond acceptors (Lipinski definition) is 0. The smallest absolute Gasteiger partial charge is 0.0110 e. The van der Waals surface area contributed by atoms with Crippen LogP contribution >= 0.6 is 0 Å². The summed E-state index contributed by atoms with van der Waals surface area (Å²) >= 11 is 0. The van der Waals surface area contributed by atoms with E-state index in [-0.39, 0.29) is 10.8 Å². The fourth-order valence-electron chi connectivity index (χ4n) is 4.68. The highest BCUT2D eigenvalue weighted by molar-refractivity contribution is 5.80. The Bertz CT molecular complexity index is 907. The van der Waals surface area contributed by atoms with Crippen molar-refractivity contribution >= 4 is 0 Å². The van der Waals surface area contributed by atoms with E-state index in [1.165, 1.54) is 39.0 Å². The number of hydrogen-bond donors (Lipinski definition) is 0. The second-order valence-electron chi connectivity index (χ2n) is 10.8. The molecule has 2 aromatic rings. The summed E-state index contributed by atoms with van der Waals surface area (Å²) < 4.78 is 0. The summed E-state index contributed by atoms with van der Waals surface area (Å²) in [6.45, 7) is 16.1. The molecule has 2 aliphatic rings. The van der Waals surface area contributed by atoms with Gasteiger partial charge >= 0.3 is 0 Å². The van der Waals surface area contributed by atoms with Crippen molar-refractivity contribution in [1.82, 2.24) is 0 Å². The van der Waals surface area contributed by atoms with Crippen molar-refractivity contribution in [1.29, 1.82) is 0 Å². The number of benzene rings is 2. The Morgan fingerprint density at radius 3 is 1.64 bits per heavy atom. The Balaban J connectivity index is 1.85. The summed E-state index contributed by atoms with van der Waals surface area (Å²) in [7, 11) is 0. The van der Waals surface area contributed by atoms with E-state index in [0.717, 1.165) is 6.42 Å². The average Bonchev–Trinajstić information content (AvgIpc) is 3.15. The molecule has 0 fully saturated rings. The SMILES string of the molecule is CC1=CC(CC2c3ccc(C(C)(C)C)cc3-c3cc(C(C)(C)C)ccc32)C=C1. The van der Waals surface area contributed by atoms with Crippen LogP contribution in [0.2, 0.25) is 0 Å². The molecule has 0 heteroatoms. The van der Waals surface area contributed by atoms with Gasteiger partial charge < -0.3 is 0 Å². The summed E-state index contributed by atoms with van der Waals surface area (Å²) in [6, 6.07) is 14.5. The van der Waals surface area contributed by atoms with Gasteiger partial charge in [0.1, 0.15) is 0 Å². The molecule has 0 heterocycles. The van der Waals surface area contributed by atoms with Gasteiger partial charge in [0.2, 0.25) is 0 Å². The Labute approximate surface area is 171 Å². The molecule has 0 aromatic heterocycles. The van der Waals surface area contributed by atoms with Crippen LogP contribution in [0.3, 0.4) is 0 Å². The molecular weight excluding hydrogens is 336 g/mol. The largest absolute Gasteiger partial charge is 0.0773 e. The minimum absolute atomic E-state index is 0.170. The molecule has 0 spiro atoms. The van der Waals surface area contributed by atoms with Crippen LogP contribution in [0, 0.1) is 5.92 Å². The summed E-state index contributed by atoms with van der Waals surface area (Å²) in [6.07, 6.45) is 8.23. The first-order chi connectivity index (χ1) is 13.0. The van der Waals surface area contributed by atoms with Crippen molar-refractivity contribution in [2.24, 2.45) is 5.92 Å². The van der Waals surface area contributed by atoms with Gasteiger partial charge in [0.05, 0.1) is 0 Å². The predicted molar refractivity (Wildman–Crippen MR) is 122 cm³/mol. The van der Waals surface area contributed by atoms with Crippen LogP contribution < -0.4 is 0 Å². The van der Waals surface area contributed by atoms with E-state index >= 15 is 0 Å². The highest BCUT2D eigenvalue weighted by Gasteiger charge is 2.32. The normalized spacial score (nSPS) is 19.0. The third kappa shape index (κ3) is 3.39. The van der Waals surface area contributed by atoms with Crippen LogP contribution in [0.5, 0.6) is 0 Å². The van der Waals surface area contributed by atoms with Gasteiger partial charge in [-0.25, -0.2) is 0 Å². The Morgan fingerprint density at radius 1 is 0.750 bits per heavy atom. The van der Waals surface area contributed by atoms with Crippen LogP contribution in [0.15, 0.2) is 60.2 Å². The van der Waals surface area contributed by atoms with Crippen LogP contribution in [-0.2, 0) is 10.8 Å². The fraction of sp³-hybridized carbons (Fsp3) is 0.429. The zero-order chi connectivity index (χ0) is 20.3. The van der Waals surface area contributed by atoms with Crippen molar-refractivity contribution in [3.8, 4) is 11.1 Å². The predicted octanol–water partition coefficient (Wildman–Crippen LogP) is 7.92. The molecule has 4 rings (SSSR count). The van der Waals surface area contributed by atoms with Gasteiger partial charge in [-0.1, -0.05) is 102 Å². The number of rotatable bonds is 2. The number of fused-ring (bicyclic) bond motifs is 3. The lowest BCUT2D eigenvalue weighted by Crippen LogP contribution is -2.11. The second kappa shape index (κ2) is 6.48. The molecule has 1 unspecified atom stereocenters. The molecule has 2 aliphatic carbocycles. The van der Waals surface area contributed by atoms with Gasteiger partial charge in [0.15, 0.2) is 0 Å². The van der Waals surface area contributed by atoms with Gasteiger partial charge in [-0.05, 0) is 63.5 Å². The fourth-order valence-corrected chi connectivity index (χ4v) is 4.68. The van der Waals surface area contributed by atoms with E-state index in [2.05, 4.69) is 103 Å².